The minimum absolute atomic E-state index is 0.514. The van der Waals surface area contributed by atoms with Crippen molar-refractivity contribution < 1.29 is 4.52 Å². The molecule has 3 aromatic rings. The van der Waals surface area contributed by atoms with Gasteiger partial charge in [-0.2, -0.15) is 0 Å². The molecule has 19 heavy (non-hydrogen) atoms. The molecule has 0 fully saturated rings. The van der Waals surface area contributed by atoms with Gasteiger partial charge in [-0.25, -0.2) is 4.98 Å². The average Bonchev–Trinajstić information content (AvgIpc) is 2.84. The summed E-state index contributed by atoms with van der Waals surface area (Å²) in [6.07, 6.45) is 0. The Morgan fingerprint density at radius 1 is 1.26 bits per heavy atom. The van der Waals surface area contributed by atoms with Gasteiger partial charge in [0.05, 0.1) is 23.3 Å². The predicted octanol–water partition coefficient (Wildman–Crippen LogP) is 2.58. The first-order valence-corrected chi connectivity index (χ1v) is 6.20. The van der Waals surface area contributed by atoms with E-state index in [9.17, 15) is 0 Å². The van der Waals surface area contributed by atoms with Crippen LogP contribution >= 0.6 is 0 Å². The third-order valence-corrected chi connectivity index (χ3v) is 3.43. The molecule has 0 radical (unpaired) electrons. The summed E-state index contributed by atoms with van der Waals surface area (Å²) in [4.78, 5) is 4.38. The van der Waals surface area contributed by atoms with E-state index in [1.165, 1.54) is 5.56 Å². The first kappa shape index (κ1) is 11.8. The Hall–Kier alpha value is -2.30. The summed E-state index contributed by atoms with van der Waals surface area (Å²) >= 11 is 0. The molecule has 98 valence electrons. The largest absolute Gasteiger partial charge is 0.369 e. The Morgan fingerprint density at radius 2 is 2.05 bits per heavy atom. The SMILES string of the molecule is Cc1ccc2nc(N)n(Cc3c(C)noc3C)c2c1. The van der Waals surface area contributed by atoms with Crippen molar-refractivity contribution in [1.82, 2.24) is 14.7 Å². The van der Waals surface area contributed by atoms with Gasteiger partial charge in [0.15, 0.2) is 0 Å². The van der Waals surface area contributed by atoms with Gasteiger partial charge in [-0.1, -0.05) is 11.2 Å². The maximum Gasteiger partial charge on any atom is 0.201 e. The van der Waals surface area contributed by atoms with Crippen molar-refractivity contribution in [3.05, 3.63) is 40.8 Å². The Bertz CT molecular complexity index is 735. The highest BCUT2D eigenvalue weighted by Crippen LogP contribution is 2.22. The first-order chi connectivity index (χ1) is 9.06. The third kappa shape index (κ3) is 1.87. The normalized spacial score (nSPS) is 11.3. The Morgan fingerprint density at radius 3 is 2.74 bits per heavy atom. The van der Waals surface area contributed by atoms with Crippen molar-refractivity contribution >= 4 is 17.0 Å². The molecular weight excluding hydrogens is 240 g/mol. The molecule has 1 aromatic carbocycles. The second-order valence-electron chi connectivity index (χ2n) is 4.85. The molecule has 2 heterocycles. The van der Waals surface area contributed by atoms with Gasteiger partial charge in [0.2, 0.25) is 5.95 Å². The highest BCUT2D eigenvalue weighted by molar-refractivity contribution is 5.79. The van der Waals surface area contributed by atoms with Gasteiger partial charge in [-0.05, 0) is 38.5 Å². The lowest BCUT2D eigenvalue weighted by molar-refractivity contribution is 0.392. The van der Waals surface area contributed by atoms with Gasteiger partial charge < -0.3 is 14.8 Å². The lowest BCUT2D eigenvalue weighted by Gasteiger charge is -2.06. The van der Waals surface area contributed by atoms with Gasteiger partial charge in [0, 0.05) is 5.56 Å². The number of nitrogen functional groups attached to an aromatic ring is 1. The van der Waals surface area contributed by atoms with Crippen LogP contribution in [0.1, 0.15) is 22.6 Å². The predicted molar refractivity (Wildman–Crippen MR) is 74.0 cm³/mol. The third-order valence-electron chi connectivity index (χ3n) is 3.43. The minimum atomic E-state index is 0.514. The number of imidazole rings is 1. The van der Waals surface area contributed by atoms with E-state index >= 15 is 0 Å². The molecule has 0 atom stereocenters. The van der Waals surface area contributed by atoms with Crippen molar-refractivity contribution in [3.8, 4) is 0 Å². The van der Waals surface area contributed by atoms with E-state index < -0.39 is 0 Å². The van der Waals surface area contributed by atoms with E-state index in [0.29, 0.717) is 12.5 Å². The molecule has 2 aromatic heterocycles. The Balaban J connectivity index is 2.15. The molecule has 2 N–H and O–H groups in total. The topological polar surface area (TPSA) is 69.9 Å². The molecule has 0 aliphatic carbocycles. The maximum atomic E-state index is 6.02. The van der Waals surface area contributed by atoms with Gasteiger partial charge in [0.1, 0.15) is 5.76 Å². The molecule has 0 spiro atoms. The molecule has 0 aliphatic heterocycles. The second kappa shape index (κ2) is 4.12. The fourth-order valence-corrected chi connectivity index (χ4v) is 2.30. The summed E-state index contributed by atoms with van der Waals surface area (Å²) in [5, 5.41) is 3.97. The number of fused-ring (bicyclic) bond motifs is 1. The maximum absolute atomic E-state index is 6.02. The van der Waals surface area contributed by atoms with Crippen LogP contribution in [0.3, 0.4) is 0 Å². The van der Waals surface area contributed by atoms with Gasteiger partial charge in [-0.3, -0.25) is 0 Å². The van der Waals surface area contributed by atoms with Gasteiger partial charge >= 0.3 is 0 Å². The average molecular weight is 256 g/mol. The van der Waals surface area contributed by atoms with Crippen LogP contribution in [0, 0.1) is 20.8 Å². The van der Waals surface area contributed by atoms with E-state index in [4.69, 9.17) is 10.3 Å². The van der Waals surface area contributed by atoms with Crippen LogP contribution in [0.4, 0.5) is 5.95 Å². The summed E-state index contributed by atoms with van der Waals surface area (Å²) in [5.74, 6) is 1.34. The van der Waals surface area contributed by atoms with Crippen LogP contribution in [-0.4, -0.2) is 14.7 Å². The summed E-state index contributed by atoms with van der Waals surface area (Å²) in [7, 11) is 0. The van der Waals surface area contributed by atoms with Crippen molar-refractivity contribution in [2.75, 3.05) is 5.73 Å². The number of rotatable bonds is 2. The van der Waals surface area contributed by atoms with E-state index in [2.05, 4.69) is 23.1 Å². The van der Waals surface area contributed by atoms with Crippen molar-refractivity contribution in [2.45, 2.75) is 27.3 Å². The first-order valence-electron chi connectivity index (χ1n) is 6.20. The molecule has 0 amide bonds. The fourth-order valence-electron chi connectivity index (χ4n) is 2.30. The Kier molecular flexibility index (Phi) is 2.55. The van der Waals surface area contributed by atoms with Crippen molar-refractivity contribution in [3.63, 3.8) is 0 Å². The smallest absolute Gasteiger partial charge is 0.201 e. The summed E-state index contributed by atoms with van der Waals surface area (Å²) in [6, 6.07) is 6.12. The number of hydrogen-bond donors (Lipinski definition) is 1. The van der Waals surface area contributed by atoms with Crippen LogP contribution in [0.25, 0.3) is 11.0 Å². The minimum Gasteiger partial charge on any atom is -0.369 e. The zero-order chi connectivity index (χ0) is 13.6. The highest BCUT2D eigenvalue weighted by atomic mass is 16.5. The molecule has 0 bridgehead atoms. The molecule has 3 rings (SSSR count). The van der Waals surface area contributed by atoms with Crippen LogP contribution < -0.4 is 5.73 Å². The second-order valence-corrected chi connectivity index (χ2v) is 4.85. The highest BCUT2D eigenvalue weighted by Gasteiger charge is 2.14. The zero-order valence-corrected chi connectivity index (χ0v) is 11.3. The fraction of sp³-hybridized carbons (Fsp3) is 0.286. The Labute approximate surface area is 111 Å². The monoisotopic (exact) mass is 256 g/mol. The molecule has 0 saturated heterocycles. The molecule has 5 heteroatoms. The van der Waals surface area contributed by atoms with Crippen LogP contribution in [0.2, 0.25) is 0 Å². The number of benzene rings is 1. The van der Waals surface area contributed by atoms with Crippen LogP contribution in [0.15, 0.2) is 22.7 Å². The summed E-state index contributed by atoms with van der Waals surface area (Å²) in [5.41, 5.74) is 11.1. The van der Waals surface area contributed by atoms with Gasteiger partial charge in [0.25, 0.3) is 0 Å². The summed E-state index contributed by atoms with van der Waals surface area (Å²) in [6.45, 7) is 6.54. The number of hydrogen-bond acceptors (Lipinski definition) is 4. The summed E-state index contributed by atoms with van der Waals surface area (Å²) < 4.78 is 7.19. The molecule has 0 saturated carbocycles. The zero-order valence-electron chi connectivity index (χ0n) is 11.3. The quantitative estimate of drug-likeness (QED) is 0.765. The standard InChI is InChI=1S/C14H16N4O/c1-8-4-5-12-13(6-8)18(14(15)16-12)7-11-9(2)17-19-10(11)3/h4-6H,7H2,1-3H3,(H2,15,16). The number of nitrogens with two attached hydrogens (primary N) is 1. The number of aromatic nitrogens is 3. The molecule has 0 aliphatic rings. The van der Waals surface area contributed by atoms with Crippen LogP contribution in [0.5, 0.6) is 0 Å². The van der Waals surface area contributed by atoms with Crippen LogP contribution in [-0.2, 0) is 6.54 Å². The van der Waals surface area contributed by atoms with E-state index in [0.717, 1.165) is 28.1 Å². The lowest BCUT2D eigenvalue weighted by atomic mass is 10.2. The number of nitrogens with zero attached hydrogens (tertiary/aromatic N) is 3. The molecular formula is C14H16N4O. The van der Waals surface area contributed by atoms with Crippen molar-refractivity contribution in [1.29, 1.82) is 0 Å². The van der Waals surface area contributed by atoms with E-state index in [1.54, 1.807) is 0 Å². The molecule has 0 unspecified atom stereocenters. The van der Waals surface area contributed by atoms with Gasteiger partial charge in [-0.15, -0.1) is 0 Å². The van der Waals surface area contributed by atoms with E-state index in [1.807, 2.05) is 30.5 Å². The molecule has 5 nitrogen and oxygen atoms in total. The van der Waals surface area contributed by atoms with E-state index in [-0.39, 0.29) is 0 Å². The lowest BCUT2D eigenvalue weighted by Crippen LogP contribution is -2.05. The number of aryl methyl sites for hydroxylation is 3. The number of anilines is 1. The van der Waals surface area contributed by atoms with Crippen molar-refractivity contribution in [2.24, 2.45) is 0 Å².